The summed E-state index contributed by atoms with van der Waals surface area (Å²) in [6.45, 7) is 3.40. The number of amides is 2. The first kappa shape index (κ1) is 36.5. The van der Waals surface area contributed by atoms with Gasteiger partial charge in [0.15, 0.2) is 11.5 Å². The van der Waals surface area contributed by atoms with Crippen LogP contribution in [0.15, 0.2) is 102 Å². The Morgan fingerprint density at radius 3 is 2.12 bits per heavy atom. The molecule has 1 saturated carbocycles. The number of aryl methyl sites for hydroxylation is 2. The van der Waals surface area contributed by atoms with Crippen LogP contribution in [0.1, 0.15) is 54.4 Å². The van der Waals surface area contributed by atoms with Gasteiger partial charge in [-0.2, -0.15) is 0 Å². The van der Waals surface area contributed by atoms with Gasteiger partial charge in [-0.1, -0.05) is 97.1 Å². The average Bonchev–Trinajstić information content (AvgIpc) is 3.12. The van der Waals surface area contributed by atoms with Gasteiger partial charge in [0.1, 0.15) is 12.6 Å². The van der Waals surface area contributed by atoms with Crippen LogP contribution in [0.3, 0.4) is 0 Å². The van der Waals surface area contributed by atoms with Crippen molar-refractivity contribution in [3.8, 4) is 11.5 Å². The molecular weight excluding hydrogens is 651 g/mol. The van der Waals surface area contributed by atoms with Gasteiger partial charge in [-0.25, -0.2) is 8.42 Å². The molecule has 264 valence electrons. The van der Waals surface area contributed by atoms with Crippen molar-refractivity contribution in [2.45, 2.75) is 75.9 Å². The second-order valence-electron chi connectivity index (χ2n) is 12.9. The lowest BCUT2D eigenvalue weighted by molar-refractivity contribution is -0.140. The third-order valence-electron chi connectivity index (χ3n) is 9.20. The van der Waals surface area contributed by atoms with Crippen LogP contribution in [0.5, 0.6) is 11.5 Å². The lowest BCUT2D eigenvalue weighted by Gasteiger charge is -2.35. The lowest BCUT2D eigenvalue weighted by Crippen LogP contribution is -2.55. The SMILES string of the molecule is COc1ccc(N(CC(=O)N(Cc2cccc(C)c2)C(Cc2ccccc2)C(=O)NC2CCCCC2)S(=O)(=O)c2ccc(C)cc2)cc1OC. The second-order valence-corrected chi connectivity index (χ2v) is 14.8. The fraction of sp³-hybridized carbons (Fsp3) is 0.350. The predicted molar refractivity (Wildman–Crippen MR) is 196 cm³/mol. The van der Waals surface area contributed by atoms with Crippen LogP contribution in [0.25, 0.3) is 0 Å². The molecule has 1 fully saturated rings. The maximum absolute atomic E-state index is 14.8. The van der Waals surface area contributed by atoms with E-state index in [1.54, 1.807) is 35.2 Å². The van der Waals surface area contributed by atoms with E-state index in [9.17, 15) is 18.0 Å². The molecule has 1 unspecified atom stereocenters. The number of methoxy groups -OCH3 is 2. The lowest BCUT2D eigenvalue weighted by atomic mass is 9.94. The largest absolute Gasteiger partial charge is 0.493 e. The third-order valence-corrected chi connectivity index (χ3v) is 11.0. The quantitative estimate of drug-likeness (QED) is 0.159. The number of nitrogens with zero attached hydrogens (tertiary/aromatic N) is 2. The summed E-state index contributed by atoms with van der Waals surface area (Å²) in [6, 6.07) is 27.7. The van der Waals surface area contributed by atoms with Crippen molar-refractivity contribution in [3.63, 3.8) is 0 Å². The number of sulfonamides is 1. The van der Waals surface area contributed by atoms with Crippen LogP contribution in [0.4, 0.5) is 5.69 Å². The summed E-state index contributed by atoms with van der Waals surface area (Å²) >= 11 is 0. The molecule has 4 aromatic carbocycles. The van der Waals surface area contributed by atoms with E-state index in [1.165, 1.54) is 26.4 Å². The van der Waals surface area contributed by atoms with Gasteiger partial charge in [0.25, 0.3) is 10.0 Å². The summed E-state index contributed by atoms with van der Waals surface area (Å²) in [7, 11) is -1.30. The van der Waals surface area contributed by atoms with Crippen molar-refractivity contribution in [2.75, 3.05) is 25.1 Å². The van der Waals surface area contributed by atoms with Crippen LogP contribution >= 0.6 is 0 Å². The first-order chi connectivity index (χ1) is 24.1. The highest BCUT2D eigenvalue weighted by Crippen LogP contribution is 2.34. The highest BCUT2D eigenvalue weighted by atomic mass is 32.2. The van der Waals surface area contributed by atoms with Gasteiger partial charge in [-0.15, -0.1) is 0 Å². The van der Waals surface area contributed by atoms with Crippen molar-refractivity contribution in [3.05, 3.63) is 119 Å². The molecule has 1 aliphatic carbocycles. The van der Waals surface area contributed by atoms with E-state index in [0.29, 0.717) is 11.5 Å². The molecule has 9 nitrogen and oxygen atoms in total. The molecular formula is C40H47N3O6S. The molecule has 50 heavy (non-hydrogen) atoms. The monoisotopic (exact) mass is 697 g/mol. The molecule has 1 atom stereocenters. The van der Waals surface area contributed by atoms with Crippen LogP contribution in [-0.4, -0.2) is 58.0 Å². The second kappa shape index (κ2) is 16.7. The zero-order valence-corrected chi connectivity index (χ0v) is 30.1. The standard InChI is InChI=1S/C40H47N3O6S/c1-29-18-21-35(22-19-29)50(46,47)43(34-20-23-37(48-3)38(26-34)49-4)28-39(44)42(27-32-15-11-12-30(2)24-32)36(25-31-13-7-5-8-14-31)40(45)41-33-16-9-6-10-17-33/h5,7-8,11-15,18-24,26,33,36H,6,9-10,16-17,25,27-28H2,1-4H3,(H,41,45). The Morgan fingerprint density at radius 1 is 0.780 bits per heavy atom. The number of carbonyl (C=O) groups is 2. The normalized spacial score (nSPS) is 14.0. The zero-order valence-electron chi connectivity index (χ0n) is 29.3. The van der Waals surface area contributed by atoms with Crippen molar-refractivity contribution in [1.82, 2.24) is 10.2 Å². The van der Waals surface area contributed by atoms with Crippen LogP contribution < -0.4 is 19.1 Å². The summed E-state index contributed by atoms with van der Waals surface area (Å²) in [5, 5.41) is 3.25. The number of nitrogens with one attached hydrogen (secondary N) is 1. The fourth-order valence-electron chi connectivity index (χ4n) is 6.45. The summed E-state index contributed by atoms with van der Waals surface area (Å²) in [4.78, 5) is 30.7. The van der Waals surface area contributed by atoms with Crippen LogP contribution in [0, 0.1) is 13.8 Å². The molecule has 5 rings (SSSR count). The Morgan fingerprint density at radius 2 is 1.46 bits per heavy atom. The number of ether oxygens (including phenoxy) is 2. The molecule has 0 bridgehead atoms. The van der Waals surface area contributed by atoms with E-state index < -0.39 is 28.5 Å². The Bertz CT molecular complexity index is 1860. The third kappa shape index (κ3) is 9.04. The number of carbonyl (C=O) groups excluding carboxylic acids is 2. The average molecular weight is 698 g/mol. The molecule has 0 radical (unpaired) electrons. The van der Waals surface area contributed by atoms with Crippen molar-refractivity contribution >= 4 is 27.5 Å². The zero-order chi connectivity index (χ0) is 35.7. The number of hydrogen-bond donors (Lipinski definition) is 1. The summed E-state index contributed by atoms with van der Waals surface area (Å²) in [5.74, 6) is -0.0388. The van der Waals surface area contributed by atoms with Crippen LogP contribution in [-0.2, 0) is 32.6 Å². The smallest absolute Gasteiger partial charge is 0.264 e. The topological polar surface area (TPSA) is 105 Å². The minimum atomic E-state index is -4.26. The van der Waals surface area contributed by atoms with Gasteiger partial charge < -0.3 is 19.7 Å². The highest BCUT2D eigenvalue weighted by molar-refractivity contribution is 7.92. The van der Waals surface area contributed by atoms with Gasteiger partial charge >= 0.3 is 0 Å². The van der Waals surface area contributed by atoms with E-state index in [2.05, 4.69) is 5.32 Å². The Kier molecular flexibility index (Phi) is 12.2. The molecule has 1 N–H and O–H groups in total. The van der Waals surface area contributed by atoms with Crippen molar-refractivity contribution in [1.29, 1.82) is 0 Å². The number of rotatable bonds is 14. The van der Waals surface area contributed by atoms with E-state index >= 15 is 0 Å². The maximum Gasteiger partial charge on any atom is 0.264 e. The summed E-state index contributed by atoms with van der Waals surface area (Å²) in [5.41, 5.74) is 3.85. The molecule has 0 spiro atoms. The molecule has 0 aliphatic heterocycles. The van der Waals surface area contributed by atoms with E-state index in [0.717, 1.165) is 58.7 Å². The molecule has 0 aromatic heterocycles. The molecule has 1 aliphatic rings. The minimum Gasteiger partial charge on any atom is -0.493 e. The highest BCUT2D eigenvalue weighted by Gasteiger charge is 2.35. The van der Waals surface area contributed by atoms with Gasteiger partial charge in [-0.05, 0) is 62.1 Å². The van der Waals surface area contributed by atoms with Gasteiger partial charge in [0, 0.05) is 25.1 Å². The molecule has 0 saturated heterocycles. The molecule has 2 amide bonds. The number of benzene rings is 4. The van der Waals surface area contributed by atoms with E-state index in [-0.39, 0.29) is 35.5 Å². The first-order valence-electron chi connectivity index (χ1n) is 17.1. The number of anilines is 1. The number of hydrogen-bond acceptors (Lipinski definition) is 6. The Hall–Kier alpha value is -4.83. The van der Waals surface area contributed by atoms with Crippen molar-refractivity contribution in [2.24, 2.45) is 0 Å². The Balaban J connectivity index is 1.59. The molecule has 0 heterocycles. The summed E-state index contributed by atoms with van der Waals surface area (Å²) in [6.07, 6.45) is 5.25. The Labute approximate surface area is 296 Å². The van der Waals surface area contributed by atoms with Gasteiger partial charge in [-0.3, -0.25) is 13.9 Å². The van der Waals surface area contributed by atoms with Gasteiger partial charge in [0.2, 0.25) is 11.8 Å². The first-order valence-corrected chi connectivity index (χ1v) is 18.5. The van der Waals surface area contributed by atoms with Crippen molar-refractivity contribution < 1.29 is 27.5 Å². The molecule has 10 heteroatoms. The predicted octanol–water partition coefficient (Wildman–Crippen LogP) is 6.60. The fourth-order valence-corrected chi connectivity index (χ4v) is 7.86. The van der Waals surface area contributed by atoms with Crippen LogP contribution in [0.2, 0.25) is 0 Å². The van der Waals surface area contributed by atoms with E-state index in [1.807, 2.05) is 68.4 Å². The van der Waals surface area contributed by atoms with E-state index in [4.69, 9.17) is 9.47 Å². The maximum atomic E-state index is 14.8. The van der Waals surface area contributed by atoms with Gasteiger partial charge in [0.05, 0.1) is 24.8 Å². The minimum absolute atomic E-state index is 0.0237. The molecule has 4 aromatic rings. The summed E-state index contributed by atoms with van der Waals surface area (Å²) < 4.78 is 40.9.